The van der Waals surface area contributed by atoms with Crippen molar-refractivity contribution in [3.05, 3.63) is 46.4 Å². The Morgan fingerprint density at radius 1 is 1.29 bits per heavy atom. The molecule has 0 bridgehead atoms. The third-order valence-corrected chi connectivity index (χ3v) is 2.78. The van der Waals surface area contributed by atoms with Crippen LogP contribution in [0.2, 0.25) is 0 Å². The van der Waals surface area contributed by atoms with Crippen LogP contribution in [-0.4, -0.2) is 4.98 Å². The first kappa shape index (κ1) is 9.21. The molecule has 0 atom stereocenters. The van der Waals surface area contributed by atoms with Crippen LogP contribution in [-0.2, 0) is 6.54 Å². The highest BCUT2D eigenvalue weighted by atomic mass is 32.1. The molecule has 0 saturated carbocycles. The van der Waals surface area contributed by atoms with Gasteiger partial charge in [-0.3, -0.25) is 4.98 Å². The van der Waals surface area contributed by atoms with Crippen LogP contribution in [0.15, 0.2) is 36.0 Å². The molecule has 1 aromatic carbocycles. The van der Waals surface area contributed by atoms with E-state index in [-0.39, 0.29) is 0 Å². The maximum atomic E-state index is 4.03. The molecular weight excluding hydrogens is 192 g/mol. The number of anilines is 1. The van der Waals surface area contributed by atoms with Gasteiger partial charge in [-0.05, 0) is 19.1 Å². The molecule has 0 spiro atoms. The van der Waals surface area contributed by atoms with Crippen LogP contribution in [0, 0.1) is 6.92 Å². The number of aromatic nitrogens is 1. The molecule has 2 rings (SSSR count). The molecule has 0 aliphatic heterocycles. The Hall–Kier alpha value is -1.35. The van der Waals surface area contributed by atoms with E-state index in [1.54, 1.807) is 11.3 Å². The lowest BCUT2D eigenvalue weighted by atomic mass is 10.2. The molecule has 1 N–H and O–H groups in total. The van der Waals surface area contributed by atoms with Gasteiger partial charge in [0.25, 0.3) is 0 Å². The summed E-state index contributed by atoms with van der Waals surface area (Å²) in [5, 5.41) is 3.34. The molecule has 2 nitrogen and oxygen atoms in total. The van der Waals surface area contributed by atoms with E-state index in [0.717, 1.165) is 12.2 Å². The molecule has 14 heavy (non-hydrogen) atoms. The molecular formula is C11H12N2S. The van der Waals surface area contributed by atoms with Gasteiger partial charge in [0.05, 0.1) is 12.1 Å². The quantitative estimate of drug-likeness (QED) is 0.831. The molecule has 0 radical (unpaired) electrons. The smallest absolute Gasteiger partial charge is 0.0794 e. The lowest BCUT2D eigenvalue weighted by Gasteiger charge is -2.04. The van der Waals surface area contributed by atoms with Crippen LogP contribution >= 0.6 is 11.3 Å². The molecule has 3 heteroatoms. The second kappa shape index (κ2) is 4.24. The summed E-state index contributed by atoms with van der Waals surface area (Å²) in [5.74, 6) is 0. The van der Waals surface area contributed by atoms with E-state index in [2.05, 4.69) is 41.5 Å². The van der Waals surface area contributed by atoms with Crippen molar-refractivity contribution in [1.82, 2.24) is 4.98 Å². The van der Waals surface area contributed by atoms with Gasteiger partial charge in [-0.1, -0.05) is 17.7 Å². The van der Waals surface area contributed by atoms with Gasteiger partial charge in [-0.25, -0.2) is 0 Å². The summed E-state index contributed by atoms with van der Waals surface area (Å²) in [6, 6.07) is 8.40. The van der Waals surface area contributed by atoms with Crippen LogP contribution in [0.3, 0.4) is 0 Å². The molecule has 72 valence electrons. The zero-order valence-corrected chi connectivity index (χ0v) is 8.84. The first-order chi connectivity index (χ1) is 6.84. The SMILES string of the molecule is Cc1ccc(NCc2cncs2)cc1. The van der Waals surface area contributed by atoms with Crippen molar-refractivity contribution in [1.29, 1.82) is 0 Å². The highest BCUT2D eigenvalue weighted by molar-refractivity contribution is 7.09. The molecule has 0 amide bonds. The maximum Gasteiger partial charge on any atom is 0.0794 e. The predicted molar refractivity (Wildman–Crippen MR) is 60.6 cm³/mol. The van der Waals surface area contributed by atoms with E-state index in [4.69, 9.17) is 0 Å². The number of hydrogen-bond donors (Lipinski definition) is 1. The summed E-state index contributed by atoms with van der Waals surface area (Å²) >= 11 is 1.67. The minimum Gasteiger partial charge on any atom is -0.380 e. The largest absolute Gasteiger partial charge is 0.380 e. The Kier molecular flexibility index (Phi) is 2.79. The summed E-state index contributed by atoms with van der Waals surface area (Å²) in [6.45, 7) is 2.95. The molecule has 1 aromatic heterocycles. The maximum absolute atomic E-state index is 4.03. The van der Waals surface area contributed by atoms with Crippen molar-refractivity contribution >= 4 is 17.0 Å². The van der Waals surface area contributed by atoms with Gasteiger partial charge in [0.1, 0.15) is 0 Å². The number of rotatable bonds is 3. The van der Waals surface area contributed by atoms with Gasteiger partial charge >= 0.3 is 0 Å². The monoisotopic (exact) mass is 204 g/mol. The van der Waals surface area contributed by atoms with Gasteiger partial charge in [-0.2, -0.15) is 0 Å². The Balaban J connectivity index is 1.95. The highest BCUT2D eigenvalue weighted by Crippen LogP contribution is 2.12. The minimum atomic E-state index is 0.855. The fraction of sp³-hybridized carbons (Fsp3) is 0.182. The Morgan fingerprint density at radius 2 is 2.07 bits per heavy atom. The Morgan fingerprint density at radius 3 is 2.71 bits per heavy atom. The van der Waals surface area contributed by atoms with Crippen LogP contribution in [0.1, 0.15) is 10.4 Å². The molecule has 0 fully saturated rings. The topological polar surface area (TPSA) is 24.9 Å². The lowest BCUT2D eigenvalue weighted by Crippen LogP contribution is -1.96. The average Bonchev–Trinajstić information content (AvgIpc) is 2.70. The lowest BCUT2D eigenvalue weighted by molar-refractivity contribution is 1.17. The highest BCUT2D eigenvalue weighted by Gasteiger charge is 1.94. The number of aryl methyl sites for hydroxylation is 1. The van der Waals surface area contributed by atoms with E-state index in [1.807, 2.05) is 11.7 Å². The first-order valence-corrected chi connectivity index (χ1v) is 5.40. The van der Waals surface area contributed by atoms with Crippen molar-refractivity contribution < 1.29 is 0 Å². The molecule has 0 aliphatic carbocycles. The van der Waals surface area contributed by atoms with Gasteiger partial charge in [0, 0.05) is 16.8 Å². The molecule has 1 heterocycles. The number of nitrogens with zero attached hydrogens (tertiary/aromatic N) is 1. The molecule has 2 aromatic rings. The molecule has 0 aliphatic rings. The standard InChI is InChI=1S/C11H12N2S/c1-9-2-4-10(5-3-9)13-7-11-6-12-8-14-11/h2-6,8,13H,7H2,1H3. The number of nitrogens with one attached hydrogen (secondary N) is 1. The second-order valence-corrected chi connectivity index (χ2v) is 4.16. The number of hydrogen-bond acceptors (Lipinski definition) is 3. The summed E-state index contributed by atoms with van der Waals surface area (Å²) in [5.41, 5.74) is 4.30. The molecule has 0 saturated heterocycles. The summed E-state index contributed by atoms with van der Waals surface area (Å²) in [6.07, 6.45) is 1.89. The third-order valence-electron chi connectivity index (χ3n) is 2.00. The summed E-state index contributed by atoms with van der Waals surface area (Å²) < 4.78 is 0. The van der Waals surface area contributed by atoms with Gasteiger partial charge in [0.2, 0.25) is 0 Å². The van der Waals surface area contributed by atoms with E-state index in [1.165, 1.54) is 10.4 Å². The van der Waals surface area contributed by atoms with E-state index >= 15 is 0 Å². The van der Waals surface area contributed by atoms with Crippen molar-refractivity contribution in [2.45, 2.75) is 13.5 Å². The van der Waals surface area contributed by atoms with Gasteiger partial charge in [0.15, 0.2) is 0 Å². The van der Waals surface area contributed by atoms with E-state index < -0.39 is 0 Å². The normalized spacial score (nSPS) is 10.1. The van der Waals surface area contributed by atoms with E-state index in [9.17, 15) is 0 Å². The van der Waals surface area contributed by atoms with E-state index in [0.29, 0.717) is 0 Å². The predicted octanol–water partition coefficient (Wildman–Crippen LogP) is 3.06. The summed E-state index contributed by atoms with van der Waals surface area (Å²) in [4.78, 5) is 5.28. The first-order valence-electron chi connectivity index (χ1n) is 4.52. The minimum absolute atomic E-state index is 0.855. The van der Waals surface area contributed by atoms with Gasteiger partial charge < -0.3 is 5.32 Å². The molecule has 0 unspecified atom stereocenters. The second-order valence-electron chi connectivity index (χ2n) is 3.19. The Bertz CT molecular complexity index is 378. The van der Waals surface area contributed by atoms with Gasteiger partial charge in [-0.15, -0.1) is 11.3 Å². The van der Waals surface area contributed by atoms with Crippen molar-refractivity contribution in [3.8, 4) is 0 Å². The number of benzene rings is 1. The van der Waals surface area contributed by atoms with Crippen molar-refractivity contribution in [2.75, 3.05) is 5.32 Å². The van der Waals surface area contributed by atoms with Crippen LogP contribution in [0.5, 0.6) is 0 Å². The zero-order chi connectivity index (χ0) is 9.80. The van der Waals surface area contributed by atoms with Crippen LogP contribution in [0.4, 0.5) is 5.69 Å². The van der Waals surface area contributed by atoms with Crippen molar-refractivity contribution in [3.63, 3.8) is 0 Å². The third kappa shape index (κ3) is 2.33. The zero-order valence-electron chi connectivity index (χ0n) is 8.03. The van der Waals surface area contributed by atoms with Crippen LogP contribution in [0.25, 0.3) is 0 Å². The summed E-state index contributed by atoms with van der Waals surface area (Å²) in [7, 11) is 0. The number of thiazole rings is 1. The van der Waals surface area contributed by atoms with Crippen molar-refractivity contribution in [2.24, 2.45) is 0 Å². The fourth-order valence-electron chi connectivity index (χ4n) is 1.19. The average molecular weight is 204 g/mol. The van der Waals surface area contributed by atoms with Crippen LogP contribution < -0.4 is 5.32 Å². The Labute approximate surface area is 87.6 Å². The fourth-order valence-corrected chi connectivity index (χ4v) is 1.72.